The zero-order valence-electron chi connectivity index (χ0n) is 17.2. The summed E-state index contributed by atoms with van der Waals surface area (Å²) in [4.78, 5) is 16.1. The Balaban J connectivity index is 1.59. The van der Waals surface area contributed by atoms with Crippen molar-refractivity contribution in [2.24, 2.45) is 0 Å². The maximum Gasteiger partial charge on any atom is 0.255 e. The molecule has 0 atom stereocenters. The average molecular weight is 415 g/mol. The van der Waals surface area contributed by atoms with E-state index < -0.39 is 0 Å². The molecule has 0 fully saturated rings. The van der Waals surface area contributed by atoms with Crippen LogP contribution in [0.25, 0.3) is 11.4 Å². The predicted molar refractivity (Wildman–Crippen MR) is 116 cm³/mol. The minimum atomic E-state index is -0.186. The second kappa shape index (κ2) is 9.08. The molecule has 0 N–H and O–H groups in total. The molecule has 0 spiro atoms. The van der Waals surface area contributed by atoms with E-state index in [1.54, 1.807) is 31.3 Å². The number of anilines is 2. The van der Waals surface area contributed by atoms with E-state index in [-0.39, 0.29) is 12.5 Å². The predicted octanol–water partition coefficient (Wildman–Crippen LogP) is 3.72. The van der Waals surface area contributed by atoms with Gasteiger partial charge in [-0.25, -0.2) is 0 Å². The van der Waals surface area contributed by atoms with Gasteiger partial charge in [-0.1, -0.05) is 36.4 Å². The van der Waals surface area contributed by atoms with E-state index in [2.05, 4.69) is 15.4 Å². The quantitative estimate of drug-likeness (QED) is 0.458. The minimum Gasteiger partial charge on any atom is -0.493 e. The van der Waals surface area contributed by atoms with Crippen LogP contribution in [0.3, 0.4) is 0 Å². The minimum absolute atomic E-state index is 0.0654. The summed E-state index contributed by atoms with van der Waals surface area (Å²) in [5.41, 5.74) is 2.23. The van der Waals surface area contributed by atoms with Gasteiger partial charge in [0.2, 0.25) is 5.82 Å². The van der Waals surface area contributed by atoms with Crippen LogP contribution in [0, 0.1) is 0 Å². The van der Waals surface area contributed by atoms with Crippen molar-refractivity contribution in [2.75, 3.05) is 19.1 Å². The van der Waals surface area contributed by atoms with Crippen molar-refractivity contribution in [3.05, 3.63) is 78.9 Å². The number of ether oxygens (including phenoxy) is 2. The first-order valence-corrected chi connectivity index (χ1v) is 9.63. The van der Waals surface area contributed by atoms with Gasteiger partial charge in [-0.15, -0.1) is 10.2 Å². The van der Waals surface area contributed by atoms with Crippen LogP contribution in [0.15, 0.2) is 78.9 Å². The van der Waals surface area contributed by atoms with Crippen molar-refractivity contribution in [3.8, 4) is 22.9 Å². The lowest BCUT2D eigenvalue weighted by Gasteiger charge is -2.22. The van der Waals surface area contributed by atoms with Crippen LogP contribution in [-0.2, 0) is 11.3 Å². The maximum absolute atomic E-state index is 13.2. The monoisotopic (exact) mass is 415 g/mol. The van der Waals surface area contributed by atoms with Crippen molar-refractivity contribution in [1.29, 1.82) is 0 Å². The molecule has 4 aromatic rings. The smallest absolute Gasteiger partial charge is 0.255 e. The lowest BCUT2D eigenvalue weighted by Crippen LogP contribution is -2.30. The number of hydrogen-bond acceptors (Lipinski definition) is 6. The molecular weight excluding hydrogens is 394 g/mol. The van der Waals surface area contributed by atoms with E-state index in [9.17, 15) is 4.79 Å². The molecule has 0 saturated heterocycles. The normalized spacial score (nSPS) is 10.5. The summed E-state index contributed by atoms with van der Waals surface area (Å²) in [5, 5.41) is 12.5. The van der Waals surface area contributed by atoms with E-state index in [0.717, 1.165) is 11.4 Å². The Morgan fingerprint density at radius 1 is 0.871 bits per heavy atom. The van der Waals surface area contributed by atoms with Gasteiger partial charge < -0.3 is 9.47 Å². The summed E-state index contributed by atoms with van der Waals surface area (Å²) in [6.07, 6.45) is 0. The highest BCUT2D eigenvalue weighted by Gasteiger charge is 2.20. The molecule has 156 valence electrons. The van der Waals surface area contributed by atoms with Crippen LogP contribution < -0.4 is 14.4 Å². The third kappa shape index (κ3) is 4.37. The molecule has 1 heterocycles. The number of methoxy groups -OCH3 is 2. The fourth-order valence-electron chi connectivity index (χ4n) is 3.18. The van der Waals surface area contributed by atoms with Crippen LogP contribution in [0.1, 0.15) is 0 Å². The van der Waals surface area contributed by atoms with Gasteiger partial charge in [0.25, 0.3) is 5.91 Å². The van der Waals surface area contributed by atoms with Crippen LogP contribution in [0.2, 0.25) is 0 Å². The molecule has 31 heavy (non-hydrogen) atoms. The van der Waals surface area contributed by atoms with Gasteiger partial charge in [0.05, 0.1) is 14.2 Å². The van der Waals surface area contributed by atoms with Gasteiger partial charge in [0, 0.05) is 16.9 Å². The zero-order chi connectivity index (χ0) is 21.6. The second-order valence-electron chi connectivity index (χ2n) is 6.61. The molecule has 4 rings (SSSR count). The third-order valence-electron chi connectivity index (χ3n) is 4.65. The van der Waals surface area contributed by atoms with Crippen molar-refractivity contribution in [2.45, 2.75) is 6.54 Å². The second-order valence-corrected chi connectivity index (χ2v) is 6.61. The molecule has 0 aliphatic rings. The Kier molecular flexibility index (Phi) is 5.89. The molecule has 8 heteroatoms. The van der Waals surface area contributed by atoms with Gasteiger partial charge >= 0.3 is 0 Å². The standard InChI is InChI=1S/C23H21N5O3/c1-30-20-14-13-17(15-21(20)31-2)23-24-26-27(25-23)16-22(29)28(18-9-5-3-6-10-18)19-11-7-4-8-12-19/h3-15H,16H2,1-2H3. The SMILES string of the molecule is COc1ccc(-c2nnn(CC(=O)N(c3ccccc3)c3ccccc3)n2)cc1OC. The Morgan fingerprint density at radius 2 is 1.48 bits per heavy atom. The van der Waals surface area contributed by atoms with Crippen molar-refractivity contribution in [3.63, 3.8) is 0 Å². The summed E-state index contributed by atoms with van der Waals surface area (Å²) in [6, 6.07) is 24.3. The summed E-state index contributed by atoms with van der Waals surface area (Å²) < 4.78 is 10.6. The molecule has 0 aliphatic carbocycles. The zero-order valence-corrected chi connectivity index (χ0v) is 17.2. The number of para-hydroxylation sites is 2. The van der Waals surface area contributed by atoms with Gasteiger partial charge in [0.1, 0.15) is 6.54 Å². The van der Waals surface area contributed by atoms with E-state index in [1.165, 1.54) is 4.80 Å². The van der Waals surface area contributed by atoms with Gasteiger partial charge in [0.15, 0.2) is 11.5 Å². The number of carbonyl (C=O) groups is 1. The molecule has 0 bridgehead atoms. The molecule has 0 saturated carbocycles. The highest BCUT2D eigenvalue weighted by atomic mass is 16.5. The van der Waals surface area contributed by atoms with Crippen LogP contribution in [0.4, 0.5) is 11.4 Å². The van der Waals surface area contributed by atoms with Crippen LogP contribution in [0.5, 0.6) is 11.5 Å². The molecule has 0 radical (unpaired) electrons. The Morgan fingerprint density at radius 3 is 2.06 bits per heavy atom. The van der Waals surface area contributed by atoms with Crippen molar-refractivity contribution >= 4 is 17.3 Å². The topological polar surface area (TPSA) is 82.4 Å². The molecule has 3 aromatic carbocycles. The first-order valence-electron chi connectivity index (χ1n) is 9.63. The first kappa shape index (κ1) is 20.1. The number of tetrazole rings is 1. The van der Waals surface area contributed by atoms with Gasteiger partial charge in [-0.05, 0) is 47.7 Å². The van der Waals surface area contributed by atoms with Crippen LogP contribution in [-0.4, -0.2) is 40.3 Å². The highest BCUT2D eigenvalue weighted by Crippen LogP contribution is 2.31. The Labute approximate surface area is 179 Å². The number of amides is 1. The summed E-state index contributed by atoms with van der Waals surface area (Å²) in [7, 11) is 3.13. The fraction of sp³-hybridized carbons (Fsp3) is 0.130. The van der Waals surface area contributed by atoms with E-state index in [1.807, 2.05) is 66.7 Å². The number of aromatic nitrogens is 4. The first-order chi connectivity index (χ1) is 15.2. The lowest BCUT2D eigenvalue weighted by molar-refractivity contribution is -0.118. The van der Waals surface area contributed by atoms with E-state index in [4.69, 9.17) is 9.47 Å². The maximum atomic E-state index is 13.2. The lowest BCUT2D eigenvalue weighted by atomic mass is 10.2. The summed E-state index contributed by atoms with van der Waals surface area (Å²) in [5.74, 6) is 1.37. The largest absolute Gasteiger partial charge is 0.493 e. The molecule has 0 aliphatic heterocycles. The van der Waals surface area contributed by atoms with Crippen molar-refractivity contribution < 1.29 is 14.3 Å². The van der Waals surface area contributed by atoms with Gasteiger partial charge in [-0.3, -0.25) is 9.69 Å². The third-order valence-corrected chi connectivity index (χ3v) is 4.65. The Bertz CT molecular complexity index is 1120. The van der Waals surface area contributed by atoms with E-state index in [0.29, 0.717) is 22.9 Å². The Hall–Kier alpha value is -4.20. The molecule has 1 aromatic heterocycles. The number of nitrogens with zero attached hydrogens (tertiary/aromatic N) is 5. The number of carbonyl (C=O) groups excluding carboxylic acids is 1. The molecular formula is C23H21N5O3. The summed E-state index contributed by atoms with van der Waals surface area (Å²) >= 11 is 0. The van der Waals surface area contributed by atoms with Crippen LogP contribution >= 0.6 is 0 Å². The van der Waals surface area contributed by atoms with E-state index >= 15 is 0 Å². The summed E-state index contributed by atoms with van der Waals surface area (Å²) in [6.45, 7) is -0.0654. The average Bonchev–Trinajstić information content (AvgIpc) is 3.28. The van der Waals surface area contributed by atoms with Crippen molar-refractivity contribution in [1.82, 2.24) is 20.2 Å². The fourth-order valence-corrected chi connectivity index (χ4v) is 3.18. The molecule has 0 unspecified atom stereocenters. The number of hydrogen-bond donors (Lipinski definition) is 0. The molecule has 1 amide bonds. The van der Waals surface area contributed by atoms with Gasteiger partial charge in [-0.2, -0.15) is 4.80 Å². The number of benzene rings is 3. The number of rotatable bonds is 7. The highest BCUT2D eigenvalue weighted by molar-refractivity contribution is 6.00. The molecule has 8 nitrogen and oxygen atoms in total.